The van der Waals surface area contributed by atoms with Gasteiger partial charge < -0.3 is 10.4 Å². The molecule has 0 spiro atoms. The van der Waals surface area contributed by atoms with Gasteiger partial charge in [-0.3, -0.25) is 4.40 Å². The molecule has 16 heavy (non-hydrogen) atoms. The molecule has 0 saturated carbocycles. The summed E-state index contributed by atoms with van der Waals surface area (Å²) in [5.74, 6) is 0. The minimum Gasteiger partial charge on any atom is -0.389 e. The van der Waals surface area contributed by atoms with Gasteiger partial charge in [-0.05, 0) is 20.8 Å². The molecule has 5 heteroatoms. The first-order valence-corrected chi connectivity index (χ1v) is 6.19. The van der Waals surface area contributed by atoms with Gasteiger partial charge in [-0.15, -0.1) is 11.3 Å². The lowest BCUT2D eigenvalue weighted by atomic mass is 10.1. The van der Waals surface area contributed by atoms with Crippen molar-refractivity contribution in [2.75, 3.05) is 6.54 Å². The van der Waals surface area contributed by atoms with Gasteiger partial charge in [0.25, 0.3) is 0 Å². The molecule has 0 amide bonds. The fourth-order valence-corrected chi connectivity index (χ4v) is 2.42. The lowest BCUT2D eigenvalue weighted by molar-refractivity contribution is 0.0794. The van der Waals surface area contributed by atoms with Crippen molar-refractivity contribution < 1.29 is 5.11 Å². The van der Waals surface area contributed by atoms with Crippen LogP contribution in [0.25, 0.3) is 4.96 Å². The van der Waals surface area contributed by atoms with Crippen LogP contribution in [0.2, 0.25) is 0 Å². The van der Waals surface area contributed by atoms with Gasteiger partial charge in [-0.1, -0.05) is 0 Å². The van der Waals surface area contributed by atoms with E-state index in [0.29, 0.717) is 6.54 Å². The first kappa shape index (κ1) is 11.6. The minimum atomic E-state index is -0.674. The van der Waals surface area contributed by atoms with Crippen LogP contribution in [-0.2, 0) is 6.54 Å². The van der Waals surface area contributed by atoms with Crippen LogP contribution in [0.5, 0.6) is 0 Å². The zero-order valence-electron chi connectivity index (χ0n) is 9.82. The molecular formula is C11H17N3OS. The van der Waals surface area contributed by atoms with Crippen molar-refractivity contribution in [2.24, 2.45) is 0 Å². The molecule has 0 radical (unpaired) electrons. The molecular weight excluding hydrogens is 222 g/mol. The lowest BCUT2D eigenvalue weighted by Gasteiger charge is -2.17. The predicted octanol–water partition coefficient (Wildman–Crippen LogP) is 1.56. The second-order valence-electron chi connectivity index (χ2n) is 4.62. The lowest BCUT2D eigenvalue weighted by Crippen LogP contribution is -2.34. The molecule has 0 aromatic carbocycles. The molecule has 88 valence electrons. The Kier molecular flexibility index (Phi) is 3.01. The first-order valence-electron chi connectivity index (χ1n) is 5.31. The number of fused-ring (bicyclic) bond motifs is 1. The van der Waals surface area contributed by atoms with E-state index in [4.69, 9.17) is 0 Å². The van der Waals surface area contributed by atoms with Crippen molar-refractivity contribution in [2.45, 2.75) is 32.9 Å². The summed E-state index contributed by atoms with van der Waals surface area (Å²) in [6.07, 6.45) is 2.03. The third-order valence-corrected chi connectivity index (χ3v) is 3.17. The molecule has 2 heterocycles. The van der Waals surface area contributed by atoms with E-state index in [0.717, 1.165) is 17.2 Å². The van der Waals surface area contributed by atoms with Gasteiger partial charge in [0.05, 0.1) is 17.0 Å². The summed E-state index contributed by atoms with van der Waals surface area (Å²) in [5, 5.41) is 14.9. The van der Waals surface area contributed by atoms with Crippen molar-refractivity contribution in [1.82, 2.24) is 14.7 Å². The first-order chi connectivity index (χ1) is 7.47. The van der Waals surface area contributed by atoms with E-state index in [-0.39, 0.29) is 0 Å². The second-order valence-corrected chi connectivity index (χ2v) is 5.49. The highest BCUT2D eigenvalue weighted by Gasteiger charge is 2.13. The topological polar surface area (TPSA) is 49.6 Å². The van der Waals surface area contributed by atoms with Gasteiger partial charge >= 0.3 is 0 Å². The van der Waals surface area contributed by atoms with Crippen LogP contribution in [0.15, 0.2) is 11.6 Å². The van der Waals surface area contributed by atoms with Crippen LogP contribution < -0.4 is 5.32 Å². The van der Waals surface area contributed by atoms with E-state index in [1.54, 1.807) is 25.2 Å². The van der Waals surface area contributed by atoms with E-state index < -0.39 is 5.60 Å². The molecule has 0 fully saturated rings. The summed E-state index contributed by atoms with van der Waals surface area (Å²) in [6.45, 7) is 6.91. The van der Waals surface area contributed by atoms with Gasteiger partial charge in [0.15, 0.2) is 4.96 Å². The molecule has 0 unspecified atom stereocenters. The molecule has 2 aromatic heterocycles. The largest absolute Gasteiger partial charge is 0.389 e. The molecule has 0 aliphatic carbocycles. The van der Waals surface area contributed by atoms with Gasteiger partial charge in [0, 0.05) is 24.7 Å². The van der Waals surface area contributed by atoms with Gasteiger partial charge in [0.1, 0.15) is 0 Å². The average Bonchev–Trinajstić information content (AvgIpc) is 2.67. The van der Waals surface area contributed by atoms with E-state index in [9.17, 15) is 5.11 Å². The number of thiazole rings is 1. The number of aryl methyl sites for hydroxylation is 1. The normalized spacial score (nSPS) is 12.5. The van der Waals surface area contributed by atoms with Crippen molar-refractivity contribution >= 4 is 16.3 Å². The van der Waals surface area contributed by atoms with Crippen LogP contribution in [0, 0.1) is 6.92 Å². The van der Waals surface area contributed by atoms with E-state index in [1.807, 2.05) is 18.5 Å². The Bertz CT molecular complexity index is 481. The number of hydrogen-bond donors (Lipinski definition) is 2. The van der Waals surface area contributed by atoms with E-state index >= 15 is 0 Å². The summed E-state index contributed by atoms with van der Waals surface area (Å²) in [6, 6.07) is 0. The van der Waals surface area contributed by atoms with Crippen LogP contribution in [0.4, 0.5) is 0 Å². The maximum atomic E-state index is 9.61. The summed E-state index contributed by atoms with van der Waals surface area (Å²) in [4.78, 5) is 5.49. The highest BCUT2D eigenvalue weighted by atomic mass is 32.1. The Morgan fingerprint density at radius 1 is 1.56 bits per heavy atom. The van der Waals surface area contributed by atoms with Gasteiger partial charge in [0.2, 0.25) is 0 Å². The predicted molar refractivity (Wildman–Crippen MR) is 65.8 cm³/mol. The summed E-state index contributed by atoms with van der Waals surface area (Å²) in [5.41, 5.74) is 1.54. The fourth-order valence-electron chi connectivity index (χ4n) is 1.64. The Balaban J connectivity index is 2.09. The fraction of sp³-hybridized carbons (Fsp3) is 0.545. The minimum absolute atomic E-state index is 0.573. The van der Waals surface area contributed by atoms with Gasteiger partial charge in [-0.25, -0.2) is 4.98 Å². The van der Waals surface area contributed by atoms with Crippen molar-refractivity contribution in [3.63, 3.8) is 0 Å². The third-order valence-electron chi connectivity index (χ3n) is 2.41. The van der Waals surface area contributed by atoms with Crippen LogP contribution >= 0.6 is 11.3 Å². The smallest absolute Gasteiger partial charge is 0.194 e. The maximum absolute atomic E-state index is 9.61. The van der Waals surface area contributed by atoms with Crippen LogP contribution in [0.1, 0.15) is 25.2 Å². The standard InChI is InChI=1S/C11H17N3OS/c1-8-9(6-12-7-11(2,3)15)14-4-5-16-10(14)13-8/h4-5,12,15H,6-7H2,1-3H3. The number of aromatic nitrogens is 2. The Hall–Kier alpha value is -0.910. The molecule has 0 atom stereocenters. The molecule has 4 nitrogen and oxygen atoms in total. The highest BCUT2D eigenvalue weighted by Crippen LogP contribution is 2.16. The Labute approximate surface area is 98.9 Å². The zero-order chi connectivity index (χ0) is 11.8. The molecule has 0 bridgehead atoms. The Morgan fingerprint density at radius 3 is 3.00 bits per heavy atom. The number of aliphatic hydroxyl groups is 1. The molecule has 0 aliphatic rings. The summed E-state index contributed by atoms with van der Waals surface area (Å²) in [7, 11) is 0. The maximum Gasteiger partial charge on any atom is 0.194 e. The molecule has 0 aliphatic heterocycles. The average molecular weight is 239 g/mol. The van der Waals surface area contributed by atoms with Crippen molar-refractivity contribution in [3.8, 4) is 0 Å². The Morgan fingerprint density at radius 2 is 2.31 bits per heavy atom. The number of nitrogens with one attached hydrogen (secondary N) is 1. The summed E-state index contributed by atoms with van der Waals surface area (Å²) >= 11 is 1.64. The van der Waals surface area contributed by atoms with Crippen molar-refractivity contribution in [1.29, 1.82) is 0 Å². The quantitative estimate of drug-likeness (QED) is 0.851. The number of rotatable bonds is 4. The van der Waals surface area contributed by atoms with E-state index in [2.05, 4.69) is 14.7 Å². The SMILES string of the molecule is Cc1nc2sccn2c1CNCC(C)(C)O. The number of nitrogens with zero attached hydrogens (tertiary/aromatic N) is 2. The highest BCUT2D eigenvalue weighted by molar-refractivity contribution is 7.15. The second kappa shape index (κ2) is 4.16. The molecule has 0 saturated heterocycles. The number of imidazole rings is 1. The zero-order valence-corrected chi connectivity index (χ0v) is 10.6. The molecule has 2 aromatic rings. The number of hydrogen-bond acceptors (Lipinski definition) is 4. The van der Waals surface area contributed by atoms with Crippen molar-refractivity contribution in [3.05, 3.63) is 23.0 Å². The third kappa shape index (κ3) is 2.42. The molecule has 2 rings (SSSR count). The van der Waals surface area contributed by atoms with E-state index in [1.165, 1.54) is 5.69 Å². The van der Waals surface area contributed by atoms with Gasteiger partial charge in [-0.2, -0.15) is 0 Å². The summed E-state index contributed by atoms with van der Waals surface area (Å²) < 4.78 is 2.09. The molecule has 2 N–H and O–H groups in total. The monoisotopic (exact) mass is 239 g/mol. The van der Waals surface area contributed by atoms with Crippen LogP contribution in [0.3, 0.4) is 0 Å². The van der Waals surface area contributed by atoms with Crippen LogP contribution in [-0.4, -0.2) is 26.6 Å².